The van der Waals surface area contributed by atoms with E-state index < -0.39 is 0 Å². The lowest BCUT2D eigenvalue weighted by atomic mass is 10.1. The maximum atomic E-state index is 11.9. The third-order valence-electron chi connectivity index (χ3n) is 2.39. The van der Waals surface area contributed by atoms with Gasteiger partial charge in [-0.1, -0.05) is 15.9 Å². The quantitative estimate of drug-likeness (QED) is 0.821. The normalized spacial score (nSPS) is 12.2. The number of nitrogen functional groups attached to an aromatic ring is 1. The molecule has 1 amide bonds. The summed E-state index contributed by atoms with van der Waals surface area (Å²) in [5.41, 5.74) is 6.83. The van der Waals surface area contributed by atoms with Crippen molar-refractivity contribution in [1.29, 1.82) is 0 Å². The van der Waals surface area contributed by atoms with Crippen molar-refractivity contribution in [3.8, 4) is 0 Å². The number of nitrogens with two attached hydrogens (primary N) is 1. The number of halogens is 1. The Bertz CT molecular complexity index is 398. The first-order valence-electron chi connectivity index (χ1n) is 5.39. The van der Waals surface area contributed by atoms with Gasteiger partial charge in [0, 0.05) is 16.2 Å². The van der Waals surface area contributed by atoms with Crippen LogP contribution in [0.3, 0.4) is 0 Å². The fourth-order valence-corrected chi connectivity index (χ4v) is 2.38. The van der Waals surface area contributed by atoms with Crippen LogP contribution >= 0.6 is 27.7 Å². The third-order valence-corrected chi connectivity index (χ3v) is 3.53. The second-order valence-corrected chi connectivity index (χ2v) is 5.79. The van der Waals surface area contributed by atoms with Gasteiger partial charge in [-0.25, -0.2) is 0 Å². The molecule has 3 nitrogen and oxygen atoms in total. The van der Waals surface area contributed by atoms with Gasteiger partial charge in [-0.15, -0.1) is 0 Å². The molecule has 17 heavy (non-hydrogen) atoms. The standard InChI is InChI=1S/C12H17BrN2OS/c1-8(5-6-17-2)15-12(16)10-4-3-9(13)7-11(10)14/h3-4,7-8H,5-6,14H2,1-2H3,(H,15,16). The molecule has 0 saturated heterocycles. The van der Waals surface area contributed by atoms with Crippen molar-refractivity contribution in [3.05, 3.63) is 28.2 Å². The molecule has 1 aromatic rings. The Labute approximate surface area is 115 Å². The van der Waals surface area contributed by atoms with Crippen molar-refractivity contribution in [2.45, 2.75) is 19.4 Å². The van der Waals surface area contributed by atoms with Crippen LogP contribution in [0.2, 0.25) is 0 Å². The summed E-state index contributed by atoms with van der Waals surface area (Å²) in [7, 11) is 0. The minimum absolute atomic E-state index is 0.108. The number of anilines is 1. The lowest BCUT2D eigenvalue weighted by Crippen LogP contribution is -2.33. The van der Waals surface area contributed by atoms with Crippen molar-refractivity contribution >= 4 is 39.3 Å². The highest BCUT2D eigenvalue weighted by Gasteiger charge is 2.12. The maximum Gasteiger partial charge on any atom is 0.253 e. The molecule has 0 aliphatic heterocycles. The molecule has 0 radical (unpaired) electrons. The molecule has 1 rings (SSSR count). The van der Waals surface area contributed by atoms with Gasteiger partial charge in [0.05, 0.1) is 5.56 Å². The van der Waals surface area contributed by atoms with Crippen LogP contribution in [0.1, 0.15) is 23.7 Å². The highest BCUT2D eigenvalue weighted by molar-refractivity contribution is 9.10. The summed E-state index contributed by atoms with van der Waals surface area (Å²) in [6.07, 6.45) is 3.02. The van der Waals surface area contributed by atoms with Crippen LogP contribution in [0.25, 0.3) is 0 Å². The summed E-state index contributed by atoms with van der Waals surface area (Å²) in [5.74, 6) is 0.931. The Morgan fingerprint density at radius 3 is 2.88 bits per heavy atom. The van der Waals surface area contributed by atoms with Crippen LogP contribution in [0.15, 0.2) is 22.7 Å². The van der Waals surface area contributed by atoms with Crippen molar-refractivity contribution in [3.63, 3.8) is 0 Å². The molecule has 0 aliphatic carbocycles. The van der Waals surface area contributed by atoms with Gasteiger partial charge < -0.3 is 11.1 Å². The van der Waals surface area contributed by atoms with Crippen molar-refractivity contribution < 1.29 is 4.79 Å². The van der Waals surface area contributed by atoms with Gasteiger partial charge >= 0.3 is 0 Å². The van der Waals surface area contributed by atoms with Crippen LogP contribution in [-0.4, -0.2) is 24.0 Å². The molecule has 1 unspecified atom stereocenters. The second-order valence-electron chi connectivity index (χ2n) is 3.89. The molecule has 0 aromatic heterocycles. The number of carbonyl (C=O) groups is 1. The fourth-order valence-electron chi connectivity index (χ4n) is 1.41. The highest BCUT2D eigenvalue weighted by Crippen LogP contribution is 2.18. The number of hydrogen-bond acceptors (Lipinski definition) is 3. The van der Waals surface area contributed by atoms with Gasteiger partial charge in [0.2, 0.25) is 0 Å². The Kier molecular flexibility index (Phi) is 5.85. The molecule has 0 spiro atoms. The number of amides is 1. The number of rotatable bonds is 5. The van der Waals surface area contributed by atoms with E-state index in [4.69, 9.17) is 5.73 Å². The third kappa shape index (κ3) is 4.60. The molecule has 1 atom stereocenters. The largest absolute Gasteiger partial charge is 0.398 e. The molecule has 5 heteroatoms. The molecule has 0 heterocycles. The summed E-state index contributed by atoms with van der Waals surface area (Å²) in [4.78, 5) is 11.9. The molecule has 0 bridgehead atoms. The van der Waals surface area contributed by atoms with Crippen molar-refractivity contribution in [1.82, 2.24) is 5.32 Å². The van der Waals surface area contributed by atoms with Gasteiger partial charge in [0.15, 0.2) is 0 Å². The Hall–Kier alpha value is -0.680. The van der Waals surface area contributed by atoms with Gasteiger partial charge in [0.25, 0.3) is 5.91 Å². The van der Waals surface area contributed by atoms with Gasteiger partial charge in [-0.2, -0.15) is 11.8 Å². The first kappa shape index (κ1) is 14.4. The minimum Gasteiger partial charge on any atom is -0.398 e. The molecule has 3 N–H and O–H groups in total. The molecule has 0 saturated carbocycles. The smallest absolute Gasteiger partial charge is 0.253 e. The predicted octanol–water partition coefficient (Wildman–Crippen LogP) is 2.90. The summed E-state index contributed by atoms with van der Waals surface area (Å²) in [6.45, 7) is 2.00. The number of carbonyl (C=O) groups excluding carboxylic acids is 1. The van der Waals surface area contributed by atoms with Crippen molar-refractivity contribution in [2.75, 3.05) is 17.7 Å². The molecule has 1 aromatic carbocycles. The van der Waals surface area contributed by atoms with E-state index in [2.05, 4.69) is 27.5 Å². The van der Waals surface area contributed by atoms with E-state index in [-0.39, 0.29) is 11.9 Å². The Morgan fingerprint density at radius 1 is 1.59 bits per heavy atom. The molecular formula is C12H17BrN2OS. The zero-order valence-corrected chi connectivity index (χ0v) is 12.4. The Balaban J connectivity index is 2.63. The average molecular weight is 317 g/mol. The van der Waals surface area contributed by atoms with E-state index in [1.807, 2.05) is 13.0 Å². The number of hydrogen-bond donors (Lipinski definition) is 2. The van der Waals surface area contributed by atoms with Gasteiger partial charge in [-0.3, -0.25) is 4.79 Å². The highest BCUT2D eigenvalue weighted by atomic mass is 79.9. The van der Waals surface area contributed by atoms with Gasteiger partial charge in [-0.05, 0) is 43.6 Å². The van der Waals surface area contributed by atoms with Gasteiger partial charge in [0.1, 0.15) is 0 Å². The maximum absolute atomic E-state index is 11.9. The predicted molar refractivity (Wildman–Crippen MR) is 78.5 cm³/mol. The number of benzene rings is 1. The van der Waals surface area contributed by atoms with Crippen LogP contribution in [0.5, 0.6) is 0 Å². The topological polar surface area (TPSA) is 55.1 Å². The van der Waals surface area contributed by atoms with Crippen LogP contribution in [-0.2, 0) is 0 Å². The van der Waals surface area contributed by atoms with Crippen LogP contribution in [0, 0.1) is 0 Å². The lowest BCUT2D eigenvalue weighted by Gasteiger charge is -2.14. The summed E-state index contributed by atoms with van der Waals surface area (Å²) >= 11 is 5.09. The summed E-state index contributed by atoms with van der Waals surface area (Å²) in [6, 6.07) is 5.45. The van der Waals surface area contributed by atoms with E-state index in [0.717, 1.165) is 16.6 Å². The number of nitrogens with one attached hydrogen (secondary N) is 1. The summed E-state index contributed by atoms with van der Waals surface area (Å²) in [5, 5.41) is 2.94. The fraction of sp³-hybridized carbons (Fsp3) is 0.417. The van der Waals surface area contributed by atoms with E-state index in [9.17, 15) is 4.79 Å². The van der Waals surface area contributed by atoms with E-state index in [1.165, 1.54) is 0 Å². The molecule has 0 aliphatic rings. The van der Waals surface area contributed by atoms with E-state index in [1.54, 1.807) is 23.9 Å². The second kappa shape index (κ2) is 6.91. The van der Waals surface area contributed by atoms with E-state index in [0.29, 0.717) is 11.3 Å². The van der Waals surface area contributed by atoms with E-state index >= 15 is 0 Å². The van der Waals surface area contributed by atoms with Crippen LogP contribution < -0.4 is 11.1 Å². The first-order chi connectivity index (χ1) is 8.04. The average Bonchev–Trinajstić information content (AvgIpc) is 2.26. The zero-order chi connectivity index (χ0) is 12.8. The monoisotopic (exact) mass is 316 g/mol. The SMILES string of the molecule is CSCCC(C)NC(=O)c1ccc(Br)cc1N. The van der Waals surface area contributed by atoms with Crippen molar-refractivity contribution in [2.24, 2.45) is 0 Å². The Morgan fingerprint density at radius 2 is 2.29 bits per heavy atom. The zero-order valence-electron chi connectivity index (χ0n) is 10.00. The minimum atomic E-state index is -0.108. The summed E-state index contributed by atoms with van der Waals surface area (Å²) < 4.78 is 0.877. The molecule has 0 fully saturated rings. The number of thioether (sulfide) groups is 1. The molecular weight excluding hydrogens is 300 g/mol. The lowest BCUT2D eigenvalue weighted by molar-refractivity contribution is 0.0940. The molecule has 94 valence electrons. The van der Waals surface area contributed by atoms with Crippen LogP contribution in [0.4, 0.5) is 5.69 Å². The first-order valence-corrected chi connectivity index (χ1v) is 7.58.